The number of benzene rings is 1. The fraction of sp³-hybridized carbons (Fsp3) is 0.250. The van der Waals surface area contributed by atoms with Crippen LogP contribution in [0.3, 0.4) is 0 Å². The number of anilines is 2. The summed E-state index contributed by atoms with van der Waals surface area (Å²) in [7, 11) is 3.43. The molecular formula is C24H26ClN7O3. The number of hydrogen-bond acceptors (Lipinski definition) is 7. The Labute approximate surface area is 207 Å². The van der Waals surface area contributed by atoms with Gasteiger partial charge in [-0.25, -0.2) is 14.8 Å². The van der Waals surface area contributed by atoms with Crippen molar-refractivity contribution in [3.05, 3.63) is 53.8 Å². The fourth-order valence-corrected chi connectivity index (χ4v) is 3.61. The Morgan fingerprint density at radius 3 is 2.69 bits per heavy atom. The Balaban J connectivity index is 1.49. The van der Waals surface area contributed by atoms with Crippen LogP contribution in [0.1, 0.15) is 19.8 Å². The molecular weight excluding hydrogens is 470 g/mol. The van der Waals surface area contributed by atoms with Gasteiger partial charge < -0.3 is 14.8 Å². The Kier molecular flexibility index (Phi) is 7.51. The highest BCUT2D eigenvalue weighted by Gasteiger charge is 2.13. The maximum atomic E-state index is 12.5. The van der Waals surface area contributed by atoms with Gasteiger partial charge in [-0.15, -0.1) is 0 Å². The van der Waals surface area contributed by atoms with Crippen LogP contribution in [-0.4, -0.2) is 39.5 Å². The van der Waals surface area contributed by atoms with Crippen molar-refractivity contribution in [1.82, 2.24) is 25.2 Å². The smallest absolute Gasteiger partial charge is 0.337 e. The van der Waals surface area contributed by atoms with Gasteiger partial charge >= 0.3 is 6.03 Å². The van der Waals surface area contributed by atoms with Crippen molar-refractivity contribution in [3.63, 3.8) is 0 Å². The number of hydrazine groups is 1. The van der Waals surface area contributed by atoms with E-state index < -0.39 is 6.03 Å². The first-order chi connectivity index (χ1) is 17.0. The van der Waals surface area contributed by atoms with Crippen LogP contribution in [0.4, 0.5) is 16.3 Å². The van der Waals surface area contributed by atoms with Crippen molar-refractivity contribution in [2.24, 2.45) is 7.05 Å². The molecule has 0 atom stereocenters. The number of nitrogens with zero attached hydrogens (tertiary/aromatic N) is 4. The lowest BCUT2D eigenvalue weighted by Crippen LogP contribution is -2.34. The van der Waals surface area contributed by atoms with Crippen LogP contribution in [0.5, 0.6) is 11.6 Å². The van der Waals surface area contributed by atoms with E-state index in [0.29, 0.717) is 29.6 Å². The molecule has 0 unspecified atom stereocenters. The van der Waals surface area contributed by atoms with E-state index in [1.807, 2.05) is 37.4 Å². The summed E-state index contributed by atoms with van der Waals surface area (Å²) in [5.41, 5.74) is 8.43. The number of methoxy groups -OCH3 is 1. The fourth-order valence-electron chi connectivity index (χ4n) is 3.41. The Bertz CT molecular complexity index is 1320. The van der Waals surface area contributed by atoms with Gasteiger partial charge in [0.1, 0.15) is 16.7 Å². The highest BCUT2D eigenvalue weighted by atomic mass is 35.5. The lowest BCUT2D eigenvalue weighted by Gasteiger charge is -2.13. The molecule has 4 rings (SSSR count). The molecule has 1 aromatic carbocycles. The molecule has 3 N–H and O–H groups in total. The van der Waals surface area contributed by atoms with Gasteiger partial charge in [0, 0.05) is 18.5 Å². The summed E-state index contributed by atoms with van der Waals surface area (Å²) in [5, 5.41) is 8.13. The number of halogens is 1. The average Bonchev–Trinajstić information content (AvgIpc) is 3.23. The van der Waals surface area contributed by atoms with Crippen LogP contribution < -0.4 is 25.6 Å². The lowest BCUT2D eigenvalue weighted by atomic mass is 10.0. The van der Waals surface area contributed by atoms with E-state index in [-0.39, 0.29) is 5.15 Å². The van der Waals surface area contributed by atoms with Gasteiger partial charge in [-0.05, 0) is 41.8 Å². The molecule has 3 aromatic heterocycles. The SMILES string of the molecule is CCCCOc1cc(NC(=O)NNc2cc(-c3ccc(OC)cc3)c3cnn(C)c3n2)cc(Cl)n1. The molecule has 0 fully saturated rings. The summed E-state index contributed by atoms with van der Waals surface area (Å²) in [6.45, 7) is 2.59. The second kappa shape index (κ2) is 10.9. The maximum Gasteiger partial charge on any atom is 0.337 e. The van der Waals surface area contributed by atoms with E-state index in [1.165, 1.54) is 6.07 Å². The Morgan fingerprint density at radius 1 is 1.14 bits per heavy atom. The molecule has 10 nitrogen and oxygen atoms in total. The van der Waals surface area contributed by atoms with Crippen LogP contribution in [0, 0.1) is 0 Å². The van der Waals surface area contributed by atoms with E-state index in [9.17, 15) is 4.79 Å². The first-order valence-corrected chi connectivity index (χ1v) is 11.4. The zero-order valence-electron chi connectivity index (χ0n) is 19.6. The number of aryl methyl sites for hydroxylation is 1. The molecule has 11 heteroatoms. The van der Waals surface area contributed by atoms with Gasteiger partial charge in [-0.1, -0.05) is 37.1 Å². The molecule has 0 aliphatic heterocycles. The van der Waals surface area contributed by atoms with Gasteiger partial charge in [0.15, 0.2) is 5.65 Å². The van der Waals surface area contributed by atoms with Crippen molar-refractivity contribution >= 4 is 40.2 Å². The number of urea groups is 1. The predicted molar refractivity (Wildman–Crippen MR) is 136 cm³/mol. The second-order valence-corrected chi connectivity index (χ2v) is 8.10. The summed E-state index contributed by atoms with van der Waals surface area (Å²) in [6, 6.07) is 12.2. The number of carbonyl (C=O) groups excluding carboxylic acids is 1. The first kappa shape index (κ1) is 24.1. The number of unbranched alkanes of at least 4 members (excludes halogenated alkanes) is 1. The summed E-state index contributed by atoms with van der Waals surface area (Å²) < 4.78 is 12.5. The summed E-state index contributed by atoms with van der Waals surface area (Å²) >= 11 is 6.07. The highest BCUT2D eigenvalue weighted by molar-refractivity contribution is 6.29. The highest BCUT2D eigenvalue weighted by Crippen LogP contribution is 2.31. The van der Waals surface area contributed by atoms with E-state index in [4.69, 9.17) is 21.1 Å². The number of hydrogen-bond donors (Lipinski definition) is 3. The largest absolute Gasteiger partial charge is 0.497 e. The molecule has 182 valence electrons. The quantitative estimate of drug-likeness (QED) is 0.169. The predicted octanol–water partition coefficient (Wildman–Crippen LogP) is 5.02. The first-order valence-electron chi connectivity index (χ1n) is 11.1. The van der Waals surface area contributed by atoms with Crippen LogP contribution in [0.15, 0.2) is 48.7 Å². The van der Waals surface area contributed by atoms with Crippen molar-refractivity contribution in [1.29, 1.82) is 0 Å². The van der Waals surface area contributed by atoms with Crippen LogP contribution in [0.25, 0.3) is 22.2 Å². The van der Waals surface area contributed by atoms with E-state index in [1.54, 1.807) is 24.1 Å². The van der Waals surface area contributed by atoms with Crippen molar-refractivity contribution in [3.8, 4) is 22.8 Å². The molecule has 0 saturated heterocycles. The molecule has 0 radical (unpaired) electrons. The number of fused-ring (bicyclic) bond motifs is 1. The Hall–Kier alpha value is -4.05. The maximum absolute atomic E-state index is 12.5. The number of aromatic nitrogens is 4. The zero-order chi connectivity index (χ0) is 24.8. The van der Waals surface area contributed by atoms with Crippen LogP contribution >= 0.6 is 11.6 Å². The van der Waals surface area contributed by atoms with E-state index in [0.717, 1.165) is 35.1 Å². The third kappa shape index (κ3) is 5.90. The molecule has 0 bridgehead atoms. The minimum Gasteiger partial charge on any atom is -0.497 e. The summed E-state index contributed by atoms with van der Waals surface area (Å²) in [5.74, 6) is 1.55. The molecule has 0 aliphatic carbocycles. The van der Waals surface area contributed by atoms with Crippen LogP contribution in [0.2, 0.25) is 5.15 Å². The third-order valence-electron chi connectivity index (χ3n) is 5.19. The van der Waals surface area contributed by atoms with Crippen molar-refractivity contribution < 1.29 is 14.3 Å². The van der Waals surface area contributed by atoms with Gasteiger partial charge in [0.2, 0.25) is 5.88 Å². The topological polar surface area (TPSA) is 115 Å². The minimum atomic E-state index is -0.510. The molecule has 0 aliphatic rings. The van der Waals surface area contributed by atoms with Crippen molar-refractivity contribution in [2.75, 3.05) is 24.5 Å². The minimum absolute atomic E-state index is 0.217. The number of nitrogens with one attached hydrogen (secondary N) is 3. The second-order valence-electron chi connectivity index (χ2n) is 7.71. The number of amides is 2. The molecule has 2 amide bonds. The number of pyridine rings is 2. The average molecular weight is 496 g/mol. The summed E-state index contributed by atoms with van der Waals surface area (Å²) in [6.07, 6.45) is 3.66. The van der Waals surface area contributed by atoms with Gasteiger partial charge in [-0.2, -0.15) is 5.10 Å². The standard InChI is InChI=1S/C24H26ClN7O3/c1-4-5-10-35-22-12-16(11-20(25)28-22)27-24(33)31-30-21-13-18(15-6-8-17(34-3)9-7-15)19-14-26-32(2)23(19)29-21/h6-9,11-14H,4-5,10H2,1-3H3,(H,29,30)(H2,27,28,31,33). The Morgan fingerprint density at radius 2 is 1.94 bits per heavy atom. The number of ether oxygens (including phenoxy) is 2. The monoisotopic (exact) mass is 495 g/mol. The molecule has 0 saturated carbocycles. The molecule has 0 spiro atoms. The normalized spacial score (nSPS) is 10.7. The number of rotatable bonds is 9. The molecule has 3 heterocycles. The third-order valence-corrected chi connectivity index (χ3v) is 5.38. The van der Waals surface area contributed by atoms with Crippen molar-refractivity contribution in [2.45, 2.75) is 19.8 Å². The zero-order valence-corrected chi connectivity index (χ0v) is 20.4. The lowest BCUT2D eigenvalue weighted by molar-refractivity contribution is 0.254. The summed E-state index contributed by atoms with van der Waals surface area (Å²) in [4.78, 5) is 21.2. The van der Waals surface area contributed by atoms with E-state index >= 15 is 0 Å². The van der Waals surface area contributed by atoms with Gasteiger partial charge in [0.25, 0.3) is 0 Å². The van der Waals surface area contributed by atoms with E-state index in [2.05, 4.69) is 38.2 Å². The number of carbonyl (C=O) groups is 1. The van der Waals surface area contributed by atoms with Crippen LogP contribution in [-0.2, 0) is 7.05 Å². The van der Waals surface area contributed by atoms with Gasteiger partial charge in [0.05, 0.1) is 25.6 Å². The molecule has 35 heavy (non-hydrogen) atoms. The molecule has 4 aromatic rings. The van der Waals surface area contributed by atoms with Gasteiger partial charge in [-0.3, -0.25) is 15.5 Å².